The Balaban J connectivity index is 1.91. The number of benzene rings is 1. The largest absolute Gasteiger partial charge is 0.394 e. The number of nitrogens with zero attached hydrogens (tertiary/aromatic N) is 3. The zero-order chi connectivity index (χ0) is 20.4. The van der Waals surface area contributed by atoms with Crippen molar-refractivity contribution in [2.24, 2.45) is 0 Å². The summed E-state index contributed by atoms with van der Waals surface area (Å²) in [6.45, 7) is 5.60. The first-order chi connectivity index (χ1) is 13.4. The van der Waals surface area contributed by atoms with Gasteiger partial charge >= 0.3 is 0 Å². The van der Waals surface area contributed by atoms with Crippen molar-refractivity contribution in [3.63, 3.8) is 0 Å². The molecule has 3 rings (SSSR count). The molecule has 2 aromatic rings. The summed E-state index contributed by atoms with van der Waals surface area (Å²) in [5.41, 5.74) is 3.90. The molecule has 28 heavy (non-hydrogen) atoms. The molecule has 0 bridgehead atoms. The molecule has 5 atom stereocenters. The normalized spacial score (nSPS) is 28.1. The predicted octanol–water partition coefficient (Wildman–Crippen LogP) is 0.527. The van der Waals surface area contributed by atoms with Crippen molar-refractivity contribution in [2.75, 3.05) is 6.61 Å². The van der Waals surface area contributed by atoms with Gasteiger partial charge in [-0.2, -0.15) is 0 Å². The van der Waals surface area contributed by atoms with Gasteiger partial charge in [-0.15, -0.1) is 5.10 Å². The minimum Gasteiger partial charge on any atom is -0.394 e. The second-order valence-electron chi connectivity index (χ2n) is 7.59. The van der Waals surface area contributed by atoms with Gasteiger partial charge < -0.3 is 25.2 Å². The lowest BCUT2D eigenvalue weighted by atomic mass is 9.97. The van der Waals surface area contributed by atoms with Crippen LogP contribution in [0.5, 0.6) is 0 Å². The minimum absolute atomic E-state index is 0.0345. The Bertz CT molecular complexity index is 775. The Morgan fingerprint density at radius 1 is 1.04 bits per heavy atom. The van der Waals surface area contributed by atoms with E-state index in [1.54, 1.807) is 0 Å². The van der Waals surface area contributed by atoms with Gasteiger partial charge in [0, 0.05) is 6.42 Å². The van der Waals surface area contributed by atoms with Crippen LogP contribution in [0.4, 0.5) is 0 Å². The highest BCUT2D eigenvalue weighted by molar-refractivity contribution is 5.28. The van der Waals surface area contributed by atoms with Crippen LogP contribution in [-0.2, 0) is 17.6 Å². The van der Waals surface area contributed by atoms with Crippen molar-refractivity contribution in [1.82, 2.24) is 15.0 Å². The average molecular weight is 391 g/mol. The van der Waals surface area contributed by atoms with Gasteiger partial charge in [0.1, 0.15) is 24.4 Å². The van der Waals surface area contributed by atoms with Crippen molar-refractivity contribution in [2.45, 2.75) is 70.2 Å². The molecule has 0 aliphatic carbocycles. The van der Waals surface area contributed by atoms with E-state index in [4.69, 9.17) is 4.74 Å². The number of ether oxygens (including phenoxy) is 1. The van der Waals surface area contributed by atoms with E-state index in [9.17, 15) is 20.4 Å². The third kappa shape index (κ3) is 3.97. The smallest absolute Gasteiger partial charge is 0.181 e. The summed E-state index contributed by atoms with van der Waals surface area (Å²) in [7, 11) is 0. The Morgan fingerprint density at radius 3 is 2.25 bits per heavy atom. The summed E-state index contributed by atoms with van der Waals surface area (Å²) in [5, 5.41) is 48.4. The number of rotatable bonds is 6. The molecule has 1 aliphatic rings. The molecule has 1 aromatic carbocycles. The monoisotopic (exact) mass is 391 g/mol. The molecule has 0 amide bonds. The molecule has 1 aromatic heterocycles. The Kier molecular flexibility index (Phi) is 6.47. The number of hydrogen-bond donors (Lipinski definition) is 4. The second-order valence-corrected chi connectivity index (χ2v) is 7.59. The molecule has 0 radical (unpaired) electrons. The second kappa shape index (κ2) is 8.67. The first-order valence-electron chi connectivity index (χ1n) is 9.69. The lowest BCUT2D eigenvalue weighted by Gasteiger charge is -2.40. The van der Waals surface area contributed by atoms with Crippen LogP contribution in [0.2, 0.25) is 0 Å². The van der Waals surface area contributed by atoms with E-state index in [2.05, 4.69) is 41.5 Å². The molecule has 8 heteroatoms. The molecule has 8 nitrogen and oxygen atoms in total. The number of aliphatic hydroxyl groups is 4. The zero-order valence-electron chi connectivity index (χ0n) is 16.4. The fourth-order valence-corrected chi connectivity index (χ4v) is 3.62. The molecule has 0 spiro atoms. The molecule has 0 unspecified atom stereocenters. The SMILES string of the molecule is CCc1ccc(Cc2nnn([C@@H]3O[C@H](CO)[C@@H](O)[C@H](O)[C@H]3O)c2C(C)C)cc1. The van der Waals surface area contributed by atoms with Crippen LogP contribution < -0.4 is 0 Å². The van der Waals surface area contributed by atoms with E-state index >= 15 is 0 Å². The first-order valence-corrected chi connectivity index (χ1v) is 9.69. The standard InChI is InChI=1S/C20H29N3O5/c1-4-12-5-7-13(8-6-12)9-14-16(11(2)3)23(22-21-14)20-19(27)18(26)17(25)15(10-24)28-20/h5-8,11,15,17-20,24-27H,4,9-10H2,1-3H3/t15-,17-,18+,19-,20-/m1/s1. The van der Waals surface area contributed by atoms with E-state index in [0.29, 0.717) is 6.42 Å². The lowest BCUT2D eigenvalue weighted by molar-refractivity contribution is -0.254. The fourth-order valence-electron chi connectivity index (χ4n) is 3.62. The lowest BCUT2D eigenvalue weighted by Crippen LogP contribution is -2.56. The van der Waals surface area contributed by atoms with Crippen LogP contribution in [0.25, 0.3) is 0 Å². The molecular weight excluding hydrogens is 362 g/mol. The molecule has 154 valence electrons. The molecule has 1 fully saturated rings. The Hall–Kier alpha value is -1.84. The maximum atomic E-state index is 10.4. The van der Waals surface area contributed by atoms with Crippen LogP contribution in [-0.4, -0.2) is 66.4 Å². The van der Waals surface area contributed by atoms with E-state index in [1.165, 1.54) is 10.2 Å². The van der Waals surface area contributed by atoms with Crippen LogP contribution in [0.1, 0.15) is 55.4 Å². The van der Waals surface area contributed by atoms with Gasteiger partial charge in [-0.3, -0.25) is 0 Å². The highest BCUT2D eigenvalue weighted by Crippen LogP contribution is 2.32. The molecule has 2 heterocycles. The molecule has 0 saturated carbocycles. The highest BCUT2D eigenvalue weighted by Gasteiger charge is 2.45. The summed E-state index contributed by atoms with van der Waals surface area (Å²) < 4.78 is 7.11. The molecule has 4 N–H and O–H groups in total. The summed E-state index contributed by atoms with van der Waals surface area (Å²) in [4.78, 5) is 0. The van der Waals surface area contributed by atoms with Crippen molar-refractivity contribution in [3.8, 4) is 0 Å². The maximum absolute atomic E-state index is 10.4. The highest BCUT2D eigenvalue weighted by atomic mass is 16.6. The molecular formula is C20H29N3O5. The Morgan fingerprint density at radius 2 is 1.68 bits per heavy atom. The van der Waals surface area contributed by atoms with Gasteiger partial charge in [0.2, 0.25) is 0 Å². The van der Waals surface area contributed by atoms with E-state index in [1.807, 2.05) is 13.8 Å². The van der Waals surface area contributed by atoms with Crippen LogP contribution in [0.3, 0.4) is 0 Å². The summed E-state index contributed by atoms with van der Waals surface area (Å²) in [6.07, 6.45) is -4.73. The summed E-state index contributed by atoms with van der Waals surface area (Å²) >= 11 is 0. The first kappa shape index (κ1) is 20.9. The molecule has 1 saturated heterocycles. The number of hydrogen-bond acceptors (Lipinski definition) is 7. The summed E-state index contributed by atoms with van der Waals surface area (Å²) in [5.74, 6) is 0.0345. The minimum atomic E-state index is -1.45. The van der Waals surface area contributed by atoms with Gasteiger partial charge in [0.15, 0.2) is 6.23 Å². The van der Waals surface area contributed by atoms with Gasteiger partial charge in [-0.1, -0.05) is 50.3 Å². The van der Waals surface area contributed by atoms with Crippen LogP contribution >= 0.6 is 0 Å². The van der Waals surface area contributed by atoms with Crippen molar-refractivity contribution in [1.29, 1.82) is 0 Å². The van der Waals surface area contributed by atoms with Crippen molar-refractivity contribution >= 4 is 0 Å². The van der Waals surface area contributed by atoms with Crippen molar-refractivity contribution in [3.05, 3.63) is 46.8 Å². The van der Waals surface area contributed by atoms with Gasteiger partial charge in [0.25, 0.3) is 0 Å². The van der Waals surface area contributed by atoms with E-state index < -0.39 is 37.3 Å². The number of aryl methyl sites for hydroxylation is 1. The predicted molar refractivity (Wildman–Crippen MR) is 102 cm³/mol. The number of aromatic nitrogens is 3. The van der Waals surface area contributed by atoms with Gasteiger partial charge in [-0.25, -0.2) is 4.68 Å². The fraction of sp³-hybridized carbons (Fsp3) is 0.600. The van der Waals surface area contributed by atoms with Crippen LogP contribution in [0, 0.1) is 0 Å². The third-order valence-electron chi connectivity index (χ3n) is 5.26. The maximum Gasteiger partial charge on any atom is 0.181 e. The van der Waals surface area contributed by atoms with Crippen molar-refractivity contribution < 1.29 is 25.2 Å². The van der Waals surface area contributed by atoms with Crippen LogP contribution in [0.15, 0.2) is 24.3 Å². The average Bonchev–Trinajstić information content (AvgIpc) is 3.10. The quantitative estimate of drug-likeness (QED) is 0.567. The zero-order valence-corrected chi connectivity index (χ0v) is 16.4. The van der Waals surface area contributed by atoms with Gasteiger partial charge in [-0.05, 0) is 23.5 Å². The van der Waals surface area contributed by atoms with E-state index in [0.717, 1.165) is 23.4 Å². The van der Waals surface area contributed by atoms with Gasteiger partial charge in [0.05, 0.1) is 18.0 Å². The number of aliphatic hydroxyl groups excluding tert-OH is 4. The third-order valence-corrected chi connectivity index (χ3v) is 5.26. The molecule has 1 aliphatic heterocycles. The Labute approximate surface area is 164 Å². The topological polar surface area (TPSA) is 121 Å². The van der Waals surface area contributed by atoms with E-state index in [-0.39, 0.29) is 5.92 Å². The summed E-state index contributed by atoms with van der Waals surface area (Å²) in [6, 6.07) is 8.31.